The van der Waals surface area contributed by atoms with Crippen molar-refractivity contribution in [2.24, 2.45) is 0 Å². The molecule has 0 saturated carbocycles. The maximum absolute atomic E-state index is 15.4. The Kier molecular flexibility index (Phi) is 8.80. The Morgan fingerprint density at radius 1 is 0.909 bits per heavy atom. The highest BCUT2D eigenvalue weighted by Crippen LogP contribution is 2.42. The lowest BCUT2D eigenvalue weighted by Crippen LogP contribution is -2.47. The second kappa shape index (κ2) is 13.4. The maximum Gasteiger partial charge on any atom is 0.255 e. The molecule has 0 bridgehead atoms. The molecule has 3 aromatic carbocycles. The number of nitrogens with one attached hydrogen (secondary N) is 1. The van der Waals surface area contributed by atoms with Crippen LogP contribution < -0.4 is 9.62 Å². The maximum atomic E-state index is 15.4. The first kappa shape index (κ1) is 36.1. The minimum absolute atomic E-state index is 0.00789. The number of furan rings is 1. The van der Waals surface area contributed by atoms with Crippen molar-refractivity contribution in [1.29, 1.82) is 0 Å². The zero-order valence-electron chi connectivity index (χ0n) is 30.8. The fourth-order valence-electron chi connectivity index (χ4n) is 7.36. The molecular weight excluding hydrogens is 729 g/mol. The van der Waals surface area contributed by atoms with E-state index in [9.17, 15) is 18.0 Å². The fraction of sp³-hybridized carbons (Fsp3) is 0.250. The van der Waals surface area contributed by atoms with E-state index in [4.69, 9.17) is 14.4 Å². The van der Waals surface area contributed by atoms with E-state index in [1.807, 2.05) is 10.5 Å². The minimum atomic E-state index is -3.83. The topological polar surface area (TPSA) is 133 Å². The summed E-state index contributed by atoms with van der Waals surface area (Å²) < 4.78 is 65.9. The summed E-state index contributed by atoms with van der Waals surface area (Å²) in [6, 6.07) is 17.8. The van der Waals surface area contributed by atoms with Crippen molar-refractivity contribution < 1.29 is 31.2 Å². The van der Waals surface area contributed by atoms with Gasteiger partial charge in [-0.1, -0.05) is 12.1 Å². The molecule has 1 saturated heterocycles. The molecule has 0 aliphatic carbocycles. The first-order chi connectivity index (χ1) is 26.2. The average molecular weight is 766 g/mol. The molecule has 282 valence electrons. The largest absolute Gasteiger partial charge is 0.455 e. The lowest BCUT2D eigenvalue weighted by Gasteiger charge is -2.34. The Morgan fingerprint density at radius 3 is 2.36 bits per heavy atom. The number of benzene rings is 3. The lowest BCUT2D eigenvalue weighted by atomic mass is 10.00. The van der Waals surface area contributed by atoms with Crippen LogP contribution >= 0.6 is 0 Å². The number of halogens is 2. The summed E-state index contributed by atoms with van der Waals surface area (Å²) in [5.74, 6) is -0.832. The zero-order chi connectivity index (χ0) is 38.9. The predicted molar refractivity (Wildman–Crippen MR) is 207 cm³/mol. The summed E-state index contributed by atoms with van der Waals surface area (Å²) >= 11 is 0. The van der Waals surface area contributed by atoms with Crippen LogP contribution in [0.4, 0.5) is 14.5 Å². The van der Waals surface area contributed by atoms with Gasteiger partial charge in [-0.25, -0.2) is 27.2 Å². The van der Waals surface area contributed by atoms with E-state index in [1.54, 1.807) is 55.1 Å². The highest BCUT2D eigenvalue weighted by atomic mass is 32.2. The normalized spacial score (nSPS) is 14.1. The van der Waals surface area contributed by atoms with Crippen LogP contribution in [-0.2, 0) is 21.4 Å². The van der Waals surface area contributed by atoms with Crippen molar-refractivity contribution >= 4 is 65.9 Å². The van der Waals surface area contributed by atoms with Gasteiger partial charge in [0.1, 0.15) is 28.6 Å². The van der Waals surface area contributed by atoms with Crippen molar-refractivity contribution in [3.63, 3.8) is 0 Å². The molecule has 1 aliphatic heterocycles. The molecule has 4 aromatic heterocycles. The van der Waals surface area contributed by atoms with Crippen LogP contribution in [0.3, 0.4) is 0 Å². The van der Waals surface area contributed by atoms with Gasteiger partial charge < -0.3 is 14.6 Å². The third-order valence-electron chi connectivity index (χ3n) is 10.3. The summed E-state index contributed by atoms with van der Waals surface area (Å²) in [4.78, 5) is 39.5. The number of amides is 2. The summed E-state index contributed by atoms with van der Waals surface area (Å²) in [5.41, 5.74) is 4.04. The number of carbonyl (C=O) groups is 2. The van der Waals surface area contributed by atoms with Crippen LogP contribution in [0.1, 0.15) is 28.7 Å². The molecule has 1 fully saturated rings. The van der Waals surface area contributed by atoms with Gasteiger partial charge in [0.05, 0.1) is 51.9 Å². The number of anilines is 1. The number of nitrogens with zero attached hydrogens (tertiary/aromatic N) is 6. The van der Waals surface area contributed by atoms with E-state index in [-0.39, 0.29) is 34.1 Å². The highest BCUT2D eigenvalue weighted by Gasteiger charge is 2.28. The smallest absolute Gasteiger partial charge is 0.255 e. The first-order valence-electron chi connectivity index (χ1n) is 17.6. The van der Waals surface area contributed by atoms with E-state index in [2.05, 4.69) is 10.2 Å². The molecule has 0 radical (unpaired) electrons. The van der Waals surface area contributed by atoms with Crippen LogP contribution in [0.5, 0.6) is 0 Å². The minimum Gasteiger partial charge on any atom is -0.455 e. The molecule has 15 heteroatoms. The van der Waals surface area contributed by atoms with Gasteiger partial charge in [0.25, 0.3) is 5.91 Å². The standard InChI is InChI=1S/C40H37F2N7O5S/c1-22-9-10-24(29(42)17-22)39-37(40(51)43-3)27-18-26(33(20-35(27)54-39)46(4)55(5,52)53)30-11-12-31-38(45-30)34-19-25-28(41)7-6-8-32(25)49(34)36(44-31)21-47-13-15-48(16-14-47)23(2)50/h6-12,17-20H,13-16,21H2,1-5H3,(H,43,51). The fourth-order valence-corrected chi connectivity index (χ4v) is 7.87. The third-order valence-corrected chi connectivity index (χ3v) is 11.5. The van der Waals surface area contributed by atoms with E-state index < -0.39 is 27.6 Å². The predicted octanol–water partition coefficient (Wildman–Crippen LogP) is 6.12. The number of piperazine rings is 1. The average Bonchev–Trinajstić information content (AvgIpc) is 3.73. The molecule has 55 heavy (non-hydrogen) atoms. The molecule has 1 N–H and O–H groups in total. The Balaban J connectivity index is 1.36. The molecule has 2 amide bonds. The van der Waals surface area contributed by atoms with Crippen molar-refractivity contribution in [2.75, 3.05) is 50.8 Å². The van der Waals surface area contributed by atoms with Crippen molar-refractivity contribution in [1.82, 2.24) is 29.5 Å². The van der Waals surface area contributed by atoms with Gasteiger partial charge in [0, 0.05) is 69.6 Å². The summed E-state index contributed by atoms with van der Waals surface area (Å²) in [7, 11) is -0.977. The number of hydrogen-bond acceptors (Lipinski definition) is 8. The van der Waals surface area contributed by atoms with Gasteiger partial charge in [-0.15, -0.1) is 0 Å². The Hall–Kier alpha value is -5.93. The number of rotatable bonds is 7. The van der Waals surface area contributed by atoms with E-state index in [1.165, 1.54) is 38.4 Å². The number of carbonyl (C=O) groups excluding carboxylic acids is 2. The molecule has 1 aliphatic rings. The SMILES string of the molecule is CNC(=O)c1c(-c2ccc(C)cc2F)oc2cc(N(C)S(C)(=O)=O)c(-c3ccc4nc(CN5CCN(C(C)=O)CC5)n5c6cccc(F)c6cc5c4n3)cc12. The molecule has 8 rings (SSSR count). The Morgan fingerprint density at radius 2 is 1.67 bits per heavy atom. The number of fused-ring (bicyclic) bond motifs is 6. The highest BCUT2D eigenvalue weighted by molar-refractivity contribution is 7.92. The second-order valence-corrected chi connectivity index (χ2v) is 15.9. The zero-order valence-corrected chi connectivity index (χ0v) is 31.6. The van der Waals surface area contributed by atoms with Crippen molar-refractivity contribution in [3.8, 4) is 22.6 Å². The Labute approximate surface area is 315 Å². The molecular formula is C40H37F2N7O5S. The van der Waals surface area contributed by atoms with Crippen molar-refractivity contribution in [2.45, 2.75) is 20.4 Å². The third kappa shape index (κ3) is 6.22. The number of hydrogen-bond donors (Lipinski definition) is 1. The van der Waals surface area contributed by atoms with E-state index >= 15 is 8.78 Å². The van der Waals surface area contributed by atoms with Crippen LogP contribution in [0.25, 0.3) is 61.0 Å². The van der Waals surface area contributed by atoms with E-state index in [0.717, 1.165) is 10.6 Å². The molecule has 0 spiro atoms. The molecule has 7 aromatic rings. The number of sulfonamides is 1. The van der Waals surface area contributed by atoms with Gasteiger partial charge in [-0.05, 0) is 61.0 Å². The Bertz CT molecular complexity index is 2840. The summed E-state index contributed by atoms with van der Waals surface area (Å²) in [6.07, 6.45) is 1.07. The number of pyridine rings is 1. The molecule has 0 unspecified atom stereocenters. The van der Waals surface area contributed by atoms with Crippen LogP contribution in [0, 0.1) is 18.6 Å². The van der Waals surface area contributed by atoms with Crippen LogP contribution in [0.2, 0.25) is 0 Å². The quantitative estimate of drug-likeness (QED) is 0.205. The number of aryl methyl sites for hydroxylation is 1. The van der Waals surface area contributed by atoms with Crippen LogP contribution in [0.15, 0.2) is 71.1 Å². The van der Waals surface area contributed by atoms with Gasteiger partial charge in [0.15, 0.2) is 5.76 Å². The van der Waals surface area contributed by atoms with E-state index in [0.29, 0.717) is 88.2 Å². The van der Waals surface area contributed by atoms with Crippen LogP contribution in [-0.4, -0.2) is 90.9 Å². The number of aromatic nitrogens is 3. The molecule has 5 heterocycles. The molecule has 12 nitrogen and oxygen atoms in total. The van der Waals surface area contributed by atoms with Crippen molar-refractivity contribution in [3.05, 3.63) is 95.3 Å². The summed E-state index contributed by atoms with van der Waals surface area (Å²) in [5, 5.41) is 3.32. The second-order valence-electron chi connectivity index (χ2n) is 13.9. The van der Waals surface area contributed by atoms with Gasteiger partial charge in [-0.2, -0.15) is 0 Å². The van der Waals surface area contributed by atoms with Gasteiger partial charge >= 0.3 is 0 Å². The summed E-state index contributed by atoms with van der Waals surface area (Å²) in [6.45, 7) is 6.22. The lowest BCUT2D eigenvalue weighted by molar-refractivity contribution is -0.130. The van der Waals surface area contributed by atoms with Gasteiger partial charge in [0.2, 0.25) is 15.9 Å². The van der Waals surface area contributed by atoms with Gasteiger partial charge in [-0.3, -0.25) is 23.2 Å². The molecule has 0 atom stereocenters. The first-order valence-corrected chi connectivity index (χ1v) is 19.5. The monoisotopic (exact) mass is 765 g/mol.